The zero-order chi connectivity index (χ0) is 10.5. The normalized spacial score (nSPS) is 9.60. The Hall–Kier alpha value is -2.37. The first-order valence-electron chi connectivity index (χ1n) is 4.34. The SMILES string of the molecule is Nc1ccc[nH]1.c1ncc2[nH]cnc2n1. The van der Waals surface area contributed by atoms with Crippen LogP contribution < -0.4 is 5.73 Å². The molecule has 3 aromatic rings. The van der Waals surface area contributed by atoms with Gasteiger partial charge in [-0.3, -0.25) is 0 Å². The van der Waals surface area contributed by atoms with Crippen LogP contribution in [0.15, 0.2) is 37.2 Å². The van der Waals surface area contributed by atoms with E-state index in [4.69, 9.17) is 5.73 Å². The number of imidazole rings is 1. The number of anilines is 1. The maximum absolute atomic E-state index is 5.22. The fraction of sp³-hybridized carbons (Fsp3) is 0. The second-order valence-corrected chi connectivity index (χ2v) is 2.79. The number of aromatic nitrogens is 5. The van der Waals surface area contributed by atoms with Gasteiger partial charge in [0.2, 0.25) is 0 Å². The molecule has 0 unspecified atom stereocenters. The summed E-state index contributed by atoms with van der Waals surface area (Å²) >= 11 is 0. The van der Waals surface area contributed by atoms with Crippen molar-refractivity contribution in [3.8, 4) is 0 Å². The molecule has 6 heteroatoms. The first-order chi connectivity index (χ1) is 7.36. The molecule has 0 aliphatic carbocycles. The molecule has 6 nitrogen and oxygen atoms in total. The van der Waals surface area contributed by atoms with Crippen LogP contribution in [-0.2, 0) is 0 Å². The molecule has 4 N–H and O–H groups in total. The van der Waals surface area contributed by atoms with Gasteiger partial charge in [-0.2, -0.15) is 0 Å². The molecule has 0 radical (unpaired) electrons. The zero-order valence-electron chi connectivity index (χ0n) is 7.88. The van der Waals surface area contributed by atoms with Crippen LogP contribution in [-0.4, -0.2) is 24.9 Å². The Bertz CT molecular complexity index is 482. The number of nitrogen functional groups attached to an aromatic ring is 1. The third-order valence-electron chi connectivity index (χ3n) is 1.72. The number of H-pyrrole nitrogens is 2. The molecule has 3 aromatic heterocycles. The number of fused-ring (bicyclic) bond motifs is 1. The minimum absolute atomic E-state index is 0.713. The molecule has 0 amide bonds. The molecule has 0 aliphatic rings. The van der Waals surface area contributed by atoms with Gasteiger partial charge < -0.3 is 15.7 Å². The average Bonchev–Trinajstić information content (AvgIpc) is 2.88. The summed E-state index contributed by atoms with van der Waals surface area (Å²) in [5.41, 5.74) is 6.81. The third kappa shape index (κ3) is 2.31. The number of nitrogens with two attached hydrogens (primary N) is 1. The van der Waals surface area contributed by atoms with E-state index in [1.807, 2.05) is 6.07 Å². The molecular weight excluding hydrogens is 192 g/mol. The minimum atomic E-state index is 0.713. The van der Waals surface area contributed by atoms with E-state index in [0.29, 0.717) is 5.65 Å². The van der Waals surface area contributed by atoms with Crippen molar-refractivity contribution in [3.63, 3.8) is 0 Å². The van der Waals surface area contributed by atoms with Gasteiger partial charge in [0.15, 0.2) is 5.65 Å². The van der Waals surface area contributed by atoms with Crippen molar-refractivity contribution in [2.45, 2.75) is 0 Å². The van der Waals surface area contributed by atoms with Gasteiger partial charge in [-0.15, -0.1) is 0 Å². The lowest BCUT2D eigenvalue weighted by molar-refractivity contribution is 1.20. The highest BCUT2D eigenvalue weighted by Gasteiger charge is 1.91. The summed E-state index contributed by atoms with van der Waals surface area (Å²) < 4.78 is 0. The molecule has 0 spiro atoms. The number of nitrogens with one attached hydrogen (secondary N) is 2. The molecule has 0 saturated carbocycles. The van der Waals surface area contributed by atoms with Gasteiger partial charge in [0, 0.05) is 6.20 Å². The predicted molar refractivity (Wildman–Crippen MR) is 56.9 cm³/mol. The van der Waals surface area contributed by atoms with Crippen LogP contribution in [0.25, 0.3) is 11.2 Å². The highest BCUT2D eigenvalue weighted by atomic mass is 15.0. The van der Waals surface area contributed by atoms with Gasteiger partial charge in [0.1, 0.15) is 17.7 Å². The third-order valence-corrected chi connectivity index (χ3v) is 1.72. The van der Waals surface area contributed by atoms with Gasteiger partial charge in [0.25, 0.3) is 0 Å². The first-order valence-corrected chi connectivity index (χ1v) is 4.34. The van der Waals surface area contributed by atoms with E-state index in [1.54, 1.807) is 24.8 Å². The summed E-state index contributed by atoms with van der Waals surface area (Å²) in [5, 5.41) is 0. The Labute approximate surface area is 85.6 Å². The van der Waals surface area contributed by atoms with Crippen LogP contribution in [0.2, 0.25) is 0 Å². The largest absolute Gasteiger partial charge is 0.385 e. The van der Waals surface area contributed by atoms with E-state index in [1.165, 1.54) is 6.33 Å². The molecule has 0 bridgehead atoms. The van der Waals surface area contributed by atoms with Crippen molar-refractivity contribution in [1.29, 1.82) is 0 Å². The topological polar surface area (TPSA) is 96.3 Å². The van der Waals surface area contributed by atoms with E-state index < -0.39 is 0 Å². The quantitative estimate of drug-likeness (QED) is 0.505. The Morgan fingerprint density at radius 2 is 2.13 bits per heavy atom. The monoisotopic (exact) mass is 202 g/mol. The van der Waals surface area contributed by atoms with Crippen molar-refractivity contribution in [3.05, 3.63) is 37.2 Å². The minimum Gasteiger partial charge on any atom is -0.385 e. The summed E-state index contributed by atoms with van der Waals surface area (Å²) in [6.45, 7) is 0. The fourth-order valence-corrected chi connectivity index (χ4v) is 1.04. The van der Waals surface area contributed by atoms with Crippen LogP contribution in [0, 0.1) is 0 Å². The number of hydrogen-bond acceptors (Lipinski definition) is 4. The second kappa shape index (κ2) is 4.23. The molecule has 0 aromatic carbocycles. The van der Waals surface area contributed by atoms with Crippen molar-refractivity contribution in [2.75, 3.05) is 5.73 Å². The predicted octanol–water partition coefficient (Wildman–Crippen LogP) is 0.950. The van der Waals surface area contributed by atoms with Crippen molar-refractivity contribution < 1.29 is 0 Å². The standard InChI is InChI=1S/C5H4N4.C4H6N2/c1-4-5(8-2-6-1)9-3-7-4;5-4-2-1-3-6-4/h1-3H,(H,6,7,8,9);1-3,6H,5H2. The molecule has 3 heterocycles. The van der Waals surface area contributed by atoms with Crippen LogP contribution >= 0.6 is 0 Å². The lowest BCUT2D eigenvalue weighted by atomic mass is 10.6. The van der Waals surface area contributed by atoms with E-state index in [0.717, 1.165) is 11.3 Å². The Morgan fingerprint density at radius 1 is 1.20 bits per heavy atom. The van der Waals surface area contributed by atoms with E-state index in [9.17, 15) is 0 Å². The van der Waals surface area contributed by atoms with Gasteiger partial charge in [-0.25, -0.2) is 15.0 Å². The van der Waals surface area contributed by atoms with Gasteiger partial charge in [0.05, 0.1) is 12.5 Å². The lowest BCUT2D eigenvalue weighted by Crippen LogP contribution is -1.79. The smallest absolute Gasteiger partial charge is 0.180 e. The molecule has 15 heavy (non-hydrogen) atoms. The summed E-state index contributed by atoms with van der Waals surface area (Å²) in [7, 11) is 0. The van der Waals surface area contributed by atoms with Gasteiger partial charge in [-0.05, 0) is 12.1 Å². The molecule has 0 fully saturated rings. The zero-order valence-corrected chi connectivity index (χ0v) is 7.88. The molecular formula is C9H10N6. The Morgan fingerprint density at radius 3 is 2.73 bits per heavy atom. The molecule has 3 rings (SSSR count). The van der Waals surface area contributed by atoms with E-state index in [2.05, 4.69) is 24.9 Å². The summed E-state index contributed by atoms with van der Waals surface area (Å²) in [4.78, 5) is 17.3. The van der Waals surface area contributed by atoms with Crippen LogP contribution in [0.5, 0.6) is 0 Å². The molecule has 0 saturated heterocycles. The van der Waals surface area contributed by atoms with Gasteiger partial charge >= 0.3 is 0 Å². The Balaban J connectivity index is 0.000000124. The molecule has 0 aliphatic heterocycles. The molecule has 0 atom stereocenters. The van der Waals surface area contributed by atoms with Crippen LogP contribution in [0.3, 0.4) is 0 Å². The molecule has 76 valence electrons. The highest BCUT2D eigenvalue weighted by molar-refractivity contribution is 5.67. The Kier molecular flexibility index (Phi) is 2.59. The van der Waals surface area contributed by atoms with Crippen LogP contribution in [0.1, 0.15) is 0 Å². The summed E-state index contributed by atoms with van der Waals surface area (Å²) in [6, 6.07) is 3.66. The fourth-order valence-electron chi connectivity index (χ4n) is 1.04. The van der Waals surface area contributed by atoms with Crippen molar-refractivity contribution in [1.82, 2.24) is 24.9 Å². The summed E-state index contributed by atoms with van der Waals surface area (Å²) in [6.07, 6.45) is 6.55. The second-order valence-electron chi connectivity index (χ2n) is 2.79. The van der Waals surface area contributed by atoms with Gasteiger partial charge in [-0.1, -0.05) is 0 Å². The van der Waals surface area contributed by atoms with Crippen molar-refractivity contribution >= 4 is 17.0 Å². The highest BCUT2D eigenvalue weighted by Crippen LogP contribution is 1.99. The summed E-state index contributed by atoms with van der Waals surface area (Å²) in [5.74, 6) is 0.718. The maximum Gasteiger partial charge on any atom is 0.180 e. The number of nitrogens with zero attached hydrogens (tertiary/aromatic N) is 3. The van der Waals surface area contributed by atoms with Crippen molar-refractivity contribution in [2.24, 2.45) is 0 Å². The van der Waals surface area contributed by atoms with Crippen LogP contribution in [0.4, 0.5) is 5.82 Å². The first kappa shape index (κ1) is 9.20. The van der Waals surface area contributed by atoms with E-state index in [-0.39, 0.29) is 0 Å². The lowest BCUT2D eigenvalue weighted by Gasteiger charge is -1.80. The number of hydrogen-bond donors (Lipinski definition) is 3. The number of aromatic amines is 2. The average molecular weight is 202 g/mol. The number of rotatable bonds is 0. The maximum atomic E-state index is 5.22. The van der Waals surface area contributed by atoms with E-state index >= 15 is 0 Å².